The molecule has 0 aliphatic heterocycles. The number of ether oxygens (including phenoxy) is 1. The van der Waals surface area contributed by atoms with Crippen LogP contribution in [0.15, 0.2) is 65.6 Å². The van der Waals surface area contributed by atoms with E-state index in [0.29, 0.717) is 0 Å². The molecular weight excluding hydrogens is 596 g/mol. The number of sulfone groups is 1. The van der Waals surface area contributed by atoms with Gasteiger partial charge in [-0.2, -0.15) is 22.0 Å². The van der Waals surface area contributed by atoms with Crippen LogP contribution < -0.4 is 4.74 Å². The fraction of sp³-hybridized carbons (Fsp3) is 0.357. The molecule has 41 heavy (non-hydrogen) atoms. The highest BCUT2D eigenvalue weighted by molar-refractivity contribution is 7.90. The molecule has 3 rings (SSSR count). The van der Waals surface area contributed by atoms with Gasteiger partial charge in [-0.05, 0) is 54.8 Å². The number of aliphatic hydroxyl groups excluding tert-OH is 1. The third kappa shape index (κ3) is 8.84. The number of aliphatic hydroxyl groups is 1. The second kappa shape index (κ2) is 13.0. The summed E-state index contributed by atoms with van der Waals surface area (Å²) < 4.78 is 114. The predicted octanol–water partition coefficient (Wildman–Crippen LogP) is 7.02. The summed E-state index contributed by atoms with van der Waals surface area (Å²) in [5, 5.41) is 9.26. The maximum absolute atomic E-state index is 15.2. The molecule has 0 aliphatic rings. The van der Waals surface area contributed by atoms with E-state index in [-0.39, 0.29) is 47.9 Å². The van der Waals surface area contributed by atoms with Crippen molar-refractivity contribution in [1.29, 1.82) is 0 Å². The third-order valence-corrected chi connectivity index (χ3v) is 7.79. The van der Waals surface area contributed by atoms with Crippen molar-refractivity contribution in [3.8, 4) is 5.75 Å². The van der Waals surface area contributed by atoms with Crippen LogP contribution in [0, 0.1) is 5.82 Å². The summed E-state index contributed by atoms with van der Waals surface area (Å²) in [4.78, 5) is 1.09. The lowest BCUT2D eigenvalue weighted by Gasteiger charge is -2.28. The van der Waals surface area contributed by atoms with E-state index in [1.165, 1.54) is 36.1 Å². The number of hydrogen-bond donors (Lipinski definition) is 1. The highest BCUT2D eigenvalue weighted by atomic mass is 35.5. The van der Waals surface area contributed by atoms with Gasteiger partial charge in [0.15, 0.2) is 9.84 Å². The summed E-state index contributed by atoms with van der Waals surface area (Å²) >= 11 is 6.00. The molecule has 3 aromatic carbocycles. The molecule has 1 unspecified atom stereocenters. The Morgan fingerprint density at radius 1 is 1.02 bits per heavy atom. The van der Waals surface area contributed by atoms with Gasteiger partial charge in [0.25, 0.3) is 5.92 Å². The smallest absolute Gasteiger partial charge is 0.417 e. The van der Waals surface area contributed by atoms with E-state index in [1.54, 1.807) is 0 Å². The largest absolute Gasteiger partial charge is 0.494 e. The Kier molecular flexibility index (Phi) is 10.4. The van der Waals surface area contributed by atoms with Crippen molar-refractivity contribution >= 4 is 21.4 Å². The molecule has 3 aromatic rings. The van der Waals surface area contributed by atoms with Gasteiger partial charge in [-0.1, -0.05) is 41.9 Å². The molecule has 0 radical (unpaired) electrons. The predicted molar refractivity (Wildman–Crippen MR) is 142 cm³/mol. The van der Waals surface area contributed by atoms with Gasteiger partial charge in [0, 0.05) is 24.9 Å². The zero-order chi connectivity index (χ0) is 30.6. The normalized spacial score (nSPS) is 13.4. The Morgan fingerprint density at radius 2 is 1.68 bits per heavy atom. The van der Waals surface area contributed by atoms with Gasteiger partial charge in [0.2, 0.25) is 0 Å². The van der Waals surface area contributed by atoms with Crippen molar-refractivity contribution in [1.82, 2.24) is 4.90 Å². The standard InChI is InChI=1S/C28H28ClF6NO4S/c1-18(37)23-12-11-22(15-25(23)41(2,38)39)40-14-4-13-36(17-27(31,32)20-7-9-21(30)10-8-20)16-19-5-3-6-24(26(19)29)28(33,34)35/h3,5-12,15,18,37H,4,13-14,16-17H2,1-2H3. The first kappa shape index (κ1) is 32.7. The van der Waals surface area contributed by atoms with Gasteiger partial charge >= 0.3 is 6.18 Å². The van der Waals surface area contributed by atoms with Gasteiger partial charge in [0.05, 0.1) is 34.7 Å². The summed E-state index contributed by atoms with van der Waals surface area (Å²) in [6.45, 7) is 0.0467. The van der Waals surface area contributed by atoms with Crippen LogP contribution in [0.25, 0.3) is 0 Å². The minimum absolute atomic E-state index is 0.0103. The van der Waals surface area contributed by atoms with Gasteiger partial charge < -0.3 is 9.84 Å². The quantitative estimate of drug-likeness (QED) is 0.174. The summed E-state index contributed by atoms with van der Waals surface area (Å²) in [5.41, 5.74) is -1.38. The maximum Gasteiger partial charge on any atom is 0.417 e. The van der Waals surface area contributed by atoms with E-state index < -0.39 is 56.6 Å². The SMILES string of the molecule is CC(O)c1ccc(OCCCN(Cc2cccc(C(F)(F)F)c2Cl)CC(F)(F)c2ccc(F)cc2)cc1S(C)(=O)=O. The van der Waals surface area contributed by atoms with Crippen LogP contribution in [0.3, 0.4) is 0 Å². The van der Waals surface area contributed by atoms with Gasteiger partial charge in [-0.25, -0.2) is 12.8 Å². The highest BCUT2D eigenvalue weighted by Crippen LogP contribution is 2.37. The summed E-state index contributed by atoms with van der Waals surface area (Å²) in [6.07, 6.45) is -4.68. The first-order valence-corrected chi connectivity index (χ1v) is 14.6. The molecule has 13 heteroatoms. The number of benzene rings is 3. The lowest BCUT2D eigenvalue weighted by Crippen LogP contribution is -2.36. The second-order valence-electron chi connectivity index (χ2n) is 9.55. The fourth-order valence-electron chi connectivity index (χ4n) is 4.19. The molecule has 0 fully saturated rings. The molecule has 5 nitrogen and oxygen atoms in total. The van der Waals surface area contributed by atoms with E-state index in [2.05, 4.69) is 0 Å². The van der Waals surface area contributed by atoms with Gasteiger partial charge in [0.1, 0.15) is 11.6 Å². The molecule has 1 atom stereocenters. The Labute approximate surface area is 239 Å². The lowest BCUT2D eigenvalue weighted by molar-refractivity contribution is -0.137. The lowest BCUT2D eigenvalue weighted by atomic mass is 10.1. The van der Waals surface area contributed by atoms with Crippen LogP contribution in [0.5, 0.6) is 5.75 Å². The topological polar surface area (TPSA) is 66.8 Å². The van der Waals surface area contributed by atoms with Gasteiger partial charge in [-0.15, -0.1) is 0 Å². The Morgan fingerprint density at radius 3 is 2.27 bits per heavy atom. The molecule has 224 valence electrons. The molecule has 0 aliphatic carbocycles. The van der Waals surface area contributed by atoms with Crippen molar-refractivity contribution in [2.75, 3.05) is 26.0 Å². The first-order valence-electron chi connectivity index (χ1n) is 12.3. The molecule has 1 N–H and O–H groups in total. The van der Waals surface area contributed by atoms with Crippen LogP contribution in [0.1, 0.15) is 41.7 Å². The molecule has 0 spiro atoms. The molecule has 0 bridgehead atoms. The van der Waals surface area contributed by atoms with Crippen molar-refractivity contribution < 1.29 is 44.6 Å². The molecule has 0 aromatic heterocycles. The molecule has 0 amide bonds. The number of rotatable bonds is 12. The van der Waals surface area contributed by atoms with Gasteiger partial charge in [-0.3, -0.25) is 4.90 Å². The van der Waals surface area contributed by atoms with E-state index in [9.17, 15) is 31.1 Å². The monoisotopic (exact) mass is 623 g/mol. The van der Waals surface area contributed by atoms with Crippen LogP contribution >= 0.6 is 11.6 Å². The maximum atomic E-state index is 15.2. The minimum atomic E-state index is -4.74. The third-order valence-electron chi connectivity index (χ3n) is 6.19. The average molecular weight is 624 g/mol. The van der Waals surface area contributed by atoms with Crippen molar-refractivity contribution in [2.45, 2.75) is 43.0 Å². The first-order chi connectivity index (χ1) is 19.0. The summed E-state index contributed by atoms with van der Waals surface area (Å²) in [7, 11) is -3.69. The average Bonchev–Trinajstić information content (AvgIpc) is 2.86. The minimum Gasteiger partial charge on any atom is -0.494 e. The van der Waals surface area contributed by atoms with E-state index >= 15 is 8.78 Å². The number of halogens is 7. The zero-order valence-electron chi connectivity index (χ0n) is 22.1. The number of nitrogens with zero attached hydrogens (tertiary/aromatic N) is 1. The summed E-state index contributed by atoms with van der Waals surface area (Å²) in [5.74, 6) is -4.02. The van der Waals surface area contributed by atoms with E-state index in [1.807, 2.05) is 0 Å². The van der Waals surface area contributed by atoms with Crippen LogP contribution in [-0.2, 0) is 28.5 Å². The van der Waals surface area contributed by atoms with Crippen LogP contribution in [-0.4, -0.2) is 44.4 Å². The molecule has 0 saturated heterocycles. The Bertz CT molecular complexity index is 1450. The number of alkyl halides is 5. The molecular formula is C28H28ClF6NO4S. The highest BCUT2D eigenvalue weighted by Gasteiger charge is 2.36. The second-order valence-corrected chi connectivity index (χ2v) is 11.9. The number of hydrogen-bond acceptors (Lipinski definition) is 5. The molecule has 0 saturated carbocycles. The van der Waals surface area contributed by atoms with Crippen molar-refractivity contribution in [3.05, 3.63) is 93.8 Å². The van der Waals surface area contributed by atoms with Crippen LogP contribution in [0.2, 0.25) is 5.02 Å². The summed E-state index contributed by atoms with van der Waals surface area (Å²) in [6, 6.07) is 11.0. The Balaban J connectivity index is 1.79. The van der Waals surface area contributed by atoms with E-state index in [0.717, 1.165) is 42.7 Å². The molecule has 0 heterocycles. The Hall–Kier alpha value is -2.80. The zero-order valence-corrected chi connectivity index (χ0v) is 23.6. The van der Waals surface area contributed by atoms with Crippen LogP contribution in [0.4, 0.5) is 26.3 Å². The van der Waals surface area contributed by atoms with E-state index in [4.69, 9.17) is 16.3 Å². The van der Waals surface area contributed by atoms with Crippen molar-refractivity contribution in [2.24, 2.45) is 0 Å². The van der Waals surface area contributed by atoms with Crippen molar-refractivity contribution in [3.63, 3.8) is 0 Å². The fourth-order valence-corrected chi connectivity index (χ4v) is 5.48.